The number of aliphatic carboxylic acids is 1. The van der Waals surface area contributed by atoms with Crippen LogP contribution in [0.2, 0.25) is 10.0 Å². The molecule has 0 fully saturated rings. The molecule has 1 aromatic rings. The van der Waals surface area contributed by atoms with E-state index in [1.54, 1.807) is 18.2 Å². The van der Waals surface area contributed by atoms with Crippen molar-refractivity contribution in [3.05, 3.63) is 28.2 Å². The third-order valence-corrected chi connectivity index (χ3v) is 4.12. The lowest BCUT2D eigenvalue weighted by atomic mass is 10.1. The Kier molecular flexibility index (Phi) is 7.19. The lowest BCUT2D eigenvalue weighted by Crippen LogP contribution is -2.33. The average molecular weight is 336 g/mol. The van der Waals surface area contributed by atoms with Crippen LogP contribution in [0.4, 0.5) is 0 Å². The third kappa shape index (κ3) is 6.03. The molecule has 1 unspecified atom stereocenters. The first-order valence-corrected chi connectivity index (χ1v) is 7.53. The fourth-order valence-electron chi connectivity index (χ4n) is 1.47. The molecule has 110 valence electrons. The van der Waals surface area contributed by atoms with E-state index in [0.717, 1.165) is 4.90 Å². The Morgan fingerprint density at radius 3 is 2.40 bits per heavy atom. The normalized spacial score (nSPS) is 11.9. The molecule has 0 bridgehead atoms. The van der Waals surface area contributed by atoms with Gasteiger partial charge < -0.3 is 14.6 Å². The number of thioether (sulfide) groups is 1. The van der Waals surface area contributed by atoms with E-state index >= 15 is 0 Å². The van der Waals surface area contributed by atoms with E-state index < -0.39 is 17.9 Å². The van der Waals surface area contributed by atoms with Crippen LogP contribution < -0.4 is 5.11 Å². The number of methoxy groups -OCH3 is 1. The number of ether oxygens (including phenoxy) is 1. The van der Waals surface area contributed by atoms with Crippen LogP contribution in [0, 0.1) is 5.92 Å². The molecular formula is C13H13Cl2O4S-. The molecular weight excluding hydrogens is 323 g/mol. The van der Waals surface area contributed by atoms with Gasteiger partial charge in [0.05, 0.1) is 7.11 Å². The van der Waals surface area contributed by atoms with Crippen LogP contribution in [0.25, 0.3) is 0 Å². The lowest BCUT2D eigenvalue weighted by molar-refractivity contribution is -0.310. The highest BCUT2D eigenvalue weighted by Crippen LogP contribution is 2.28. The van der Waals surface area contributed by atoms with Crippen molar-refractivity contribution < 1.29 is 19.4 Å². The van der Waals surface area contributed by atoms with E-state index in [2.05, 4.69) is 4.74 Å². The number of carbonyl (C=O) groups excluding carboxylic acids is 2. The summed E-state index contributed by atoms with van der Waals surface area (Å²) in [6, 6.07) is 5.00. The molecule has 0 saturated heterocycles. The molecule has 0 amide bonds. The number of carboxylic acids is 1. The molecule has 0 spiro atoms. The molecule has 0 saturated carbocycles. The summed E-state index contributed by atoms with van der Waals surface area (Å²) in [7, 11) is 1.26. The summed E-state index contributed by atoms with van der Waals surface area (Å²) in [4.78, 5) is 22.8. The van der Waals surface area contributed by atoms with Crippen molar-refractivity contribution in [3.8, 4) is 0 Å². The van der Waals surface area contributed by atoms with E-state index in [4.69, 9.17) is 23.2 Å². The monoisotopic (exact) mass is 335 g/mol. The van der Waals surface area contributed by atoms with Crippen molar-refractivity contribution in [1.82, 2.24) is 0 Å². The highest BCUT2D eigenvalue weighted by Gasteiger charge is 2.14. The molecule has 1 atom stereocenters. The maximum Gasteiger partial charge on any atom is 0.305 e. The van der Waals surface area contributed by atoms with Gasteiger partial charge in [-0.25, -0.2) is 0 Å². The van der Waals surface area contributed by atoms with Gasteiger partial charge in [-0.2, -0.15) is 0 Å². The van der Waals surface area contributed by atoms with Gasteiger partial charge in [-0.3, -0.25) is 4.79 Å². The van der Waals surface area contributed by atoms with E-state index in [1.165, 1.54) is 18.9 Å². The van der Waals surface area contributed by atoms with E-state index in [0.29, 0.717) is 10.0 Å². The molecule has 0 N–H and O–H groups in total. The summed E-state index contributed by atoms with van der Waals surface area (Å²) in [5, 5.41) is 12.0. The molecule has 4 nitrogen and oxygen atoms in total. The summed E-state index contributed by atoms with van der Waals surface area (Å²) in [5.74, 6) is -2.09. The number of carboxylic acid groups (broad SMARTS) is 1. The van der Waals surface area contributed by atoms with Crippen LogP contribution in [0.1, 0.15) is 12.8 Å². The number of benzene rings is 1. The molecule has 1 aromatic carbocycles. The zero-order valence-corrected chi connectivity index (χ0v) is 13.1. The first-order chi connectivity index (χ1) is 9.42. The zero-order valence-electron chi connectivity index (χ0n) is 10.7. The van der Waals surface area contributed by atoms with Gasteiger partial charge in [-0.15, -0.1) is 11.8 Å². The van der Waals surface area contributed by atoms with Crippen molar-refractivity contribution in [2.45, 2.75) is 17.7 Å². The number of carbonyl (C=O) groups is 2. The van der Waals surface area contributed by atoms with Gasteiger partial charge in [0.25, 0.3) is 0 Å². The first-order valence-electron chi connectivity index (χ1n) is 5.79. The van der Waals surface area contributed by atoms with E-state index in [9.17, 15) is 14.7 Å². The maximum atomic E-state index is 11.0. The average Bonchev–Trinajstić information content (AvgIpc) is 2.36. The van der Waals surface area contributed by atoms with Gasteiger partial charge >= 0.3 is 5.97 Å². The number of hydrogen-bond acceptors (Lipinski definition) is 5. The predicted octanol–water partition coefficient (Wildman–Crippen LogP) is 2.40. The van der Waals surface area contributed by atoms with Crippen molar-refractivity contribution in [1.29, 1.82) is 0 Å². The predicted molar refractivity (Wildman–Crippen MR) is 76.9 cm³/mol. The van der Waals surface area contributed by atoms with Crippen LogP contribution in [0.5, 0.6) is 0 Å². The van der Waals surface area contributed by atoms with Crippen molar-refractivity contribution in [2.75, 3.05) is 12.9 Å². The number of halogens is 2. The fraction of sp³-hybridized carbons (Fsp3) is 0.385. The molecule has 0 aliphatic rings. The molecule has 20 heavy (non-hydrogen) atoms. The Morgan fingerprint density at radius 1 is 1.30 bits per heavy atom. The molecule has 1 rings (SSSR count). The second-order valence-corrected chi connectivity index (χ2v) is 6.01. The van der Waals surface area contributed by atoms with Crippen LogP contribution in [0.3, 0.4) is 0 Å². The van der Waals surface area contributed by atoms with Gasteiger partial charge in [0.15, 0.2) is 0 Å². The SMILES string of the molecule is COC(=O)CCC(CSc1cc(Cl)cc(Cl)c1)C(=O)[O-]. The summed E-state index contributed by atoms with van der Waals surface area (Å²) in [6.45, 7) is 0. The minimum atomic E-state index is -1.19. The summed E-state index contributed by atoms with van der Waals surface area (Å²) < 4.78 is 4.48. The molecule has 7 heteroatoms. The fourth-order valence-corrected chi connectivity index (χ4v) is 3.24. The highest BCUT2D eigenvalue weighted by molar-refractivity contribution is 7.99. The third-order valence-electron chi connectivity index (χ3n) is 2.55. The Bertz CT molecular complexity index is 473. The van der Waals surface area contributed by atoms with Crippen LogP contribution in [0.15, 0.2) is 23.1 Å². The molecule has 0 radical (unpaired) electrons. The van der Waals surface area contributed by atoms with E-state index in [1.807, 2.05) is 0 Å². The number of esters is 1. The Labute approximate surface area is 131 Å². The van der Waals surface area contributed by atoms with Gasteiger partial charge in [0, 0.05) is 39.0 Å². The van der Waals surface area contributed by atoms with Crippen LogP contribution >= 0.6 is 35.0 Å². The largest absolute Gasteiger partial charge is 0.550 e. The van der Waals surface area contributed by atoms with Crippen molar-refractivity contribution in [2.24, 2.45) is 5.92 Å². The standard InChI is InChI=1S/C13H14Cl2O4S/c1-19-12(16)3-2-8(13(17)18)7-20-11-5-9(14)4-10(15)6-11/h4-6,8H,2-3,7H2,1H3,(H,17,18)/p-1. The highest BCUT2D eigenvalue weighted by atomic mass is 35.5. The summed E-state index contributed by atoms with van der Waals surface area (Å²) >= 11 is 13.0. The Balaban J connectivity index is 2.58. The lowest BCUT2D eigenvalue weighted by Gasteiger charge is -2.17. The second kappa shape index (κ2) is 8.39. The topological polar surface area (TPSA) is 66.4 Å². The summed E-state index contributed by atoms with van der Waals surface area (Å²) in [6.07, 6.45) is 0.225. The minimum absolute atomic E-state index is 0.0476. The first kappa shape index (κ1) is 17.1. The Morgan fingerprint density at radius 2 is 1.90 bits per heavy atom. The van der Waals surface area contributed by atoms with Gasteiger partial charge in [-0.1, -0.05) is 23.2 Å². The second-order valence-electron chi connectivity index (χ2n) is 4.05. The number of rotatable bonds is 7. The zero-order chi connectivity index (χ0) is 15.1. The maximum absolute atomic E-state index is 11.0. The quantitative estimate of drug-likeness (QED) is 0.565. The van der Waals surface area contributed by atoms with Gasteiger partial charge in [0.1, 0.15) is 0 Å². The molecule has 0 aliphatic carbocycles. The summed E-state index contributed by atoms with van der Waals surface area (Å²) in [5.41, 5.74) is 0. The van der Waals surface area contributed by atoms with Crippen molar-refractivity contribution in [3.63, 3.8) is 0 Å². The smallest absolute Gasteiger partial charge is 0.305 e. The number of hydrogen-bond donors (Lipinski definition) is 0. The Hall–Kier alpha value is -0.910. The van der Waals surface area contributed by atoms with Gasteiger partial charge in [0.2, 0.25) is 0 Å². The van der Waals surface area contributed by atoms with Crippen LogP contribution in [-0.2, 0) is 14.3 Å². The molecule has 0 aliphatic heterocycles. The van der Waals surface area contributed by atoms with Crippen LogP contribution in [-0.4, -0.2) is 24.8 Å². The van der Waals surface area contributed by atoms with Crippen molar-refractivity contribution >= 4 is 46.9 Å². The minimum Gasteiger partial charge on any atom is -0.550 e. The molecule has 0 aromatic heterocycles. The van der Waals surface area contributed by atoms with Gasteiger partial charge in [-0.05, 0) is 24.6 Å². The van der Waals surface area contributed by atoms with E-state index in [-0.39, 0.29) is 18.6 Å². The molecule has 0 heterocycles.